The van der Waals surface area contributed by atoms with Gasteiger partial charge in [-0.2, -0.15) is 0 Å². The Balaban J connectivity index is 1.52. The van der Waals surface area contributed by atoms with Gasteiger partial charge < -0.3 is 5.11 Å². The van der Waals surface area contributed by atoms with Gasteiger partial charge in [0.25, 0.3) is 0 Å². The van der Waals surface area contributed by atoms with E-state index >= 15 is 0 Å². The van der Waals surface area contributed by atoms with Crippen LogP contribution < -0.4 is 0 Å². The highest BCUT2D eigenvalue weighted by molar-refractivity contribution is 6.32. The molecule has 0 aromatic heterocycles. The van der Waals surface area contributed by atoms with Crippen molar-refractivity contribution in [3.63, 3.8) is 0 Å². The zero-order valence-corrected chi connectivity index (χ0v) is 18.1. The third-order valence-corrected chi connectivity index (χ3v) is 6.39. The van der Waals surface area contributed by atoms with Crippen molar-refractivity contribution in [1.82, 2.24) is 4.90 Å². The van der Waals surface area contributed by atoms with Crippen molar-refractivity contribution in [3.05, 3.63) is 94.0 Å². The molecule has 0 spiro atoms. The first-order valence-corrected chi connectivity index (χ1v) is 11.0. The molecule has 0 aliphatic carbocycles. The summed E-state index contributed by atoms with van der Waals surface area (Å²) >= 11 is 6.60. The maximum atomic E-state index is 9.53. The molecule has 0 saturated carbocycles. The second-order valence-electron chi connectivity index (χ2n) is 8.02. The average Bonchev–Trinajstić information content (AvgIpc) is 3.22. The first kappa shape index (κ1) is 20.9. The minimum absolute atomic E-state index is 0.232. The van der Waals surface area contributed by atoms with Crippen LogP contribution in [0.15, 0.2) is 66.7 Å². The fourth-order valence-corrected chi connectivity index (χ4v) is 4.56. The molecule has 154 valence electrons. The third kappa shape index (κ3) is 4.67. The van der Waals surface area contributed by atoms with Crippen LogP contribution in [-0.2, 0) is 6.54 Å². The number of aliphatic hydroxyl groups is 1. The van der Waals surface area contributed by atoms with Crippen LogP contribution in [0.5, 0.6) is 0 Å². The second kappa shape index (κ2) is 9.61. The predicted octanol–water partition coefficient (Wildman–Crippen LogP) is 6.44. The minimum atomic E-state index is 0.232. The Labute approximate surface area is 184 Å². The molecule has 3 aromatic rings. The summed E-state index contributed by atoms with van der Waals surface area (Å²) < 4.78 is 0. The lowest BCUT2D eigenvalue weighted by molar-refractivity contribution is 0.153. The minimum Gasteiger partial charge on any atom is -0.395 e. The Kier molecular flexibility index (Phi) is 6.69. The van der Waals surface area contributed by atoms with Crippen molar-refractivity contribution in [2.24, 2.45) is 0 Å². The average molecular weight is 418 g/mol. The van der Waals surface area contributed by atoms with Gasteiger partial charge >= 0.3 is 0 Å². The first-order chi connectivity index (χ1) is 14.7. The molecule has 3 heteroatoms. The number of rotatable bonds is 6. The third-order valence-electron chi connectivity index (χ3n) is 6.06. The Hall–Kier alpha value is -2.39. The van der Waals surface area contributed by atoms with Crippen LogP contribution in [0.1, 0.15) is 35.1 Å². The summed E-state index contributed by atoms with van der Waals surface area (Å²) in [5, 5.41) is 10.3. The van der Waals surface area contributed by atoms with E-state index in [0.717, 1.165) is 36.5 Å². The van der Waals surface area contributed by atoms with Gasteiger partial charge in [0, 0.05) is 17.6 Å². The number of nitrogens with zero attached hydrogens (tertiary/aromatic N) is 1. The van der Waals surface area contributed by atoms with E-state index in [1.165, 1.54) is 27.8 Å². The van der Waals surface area contributed by atoms with Gasteiger partial charge in [-0.05, 0) is 65.8 Å². The number of aliphatic hydroxyl groups excluding tert-OH is 1. The highest BCUT2D eigenvalue weighted by Gasteiger charge is 2.23. The Bertz CT molecular complexity index is 1030. The molecule has 1 fully saturated rings. The number of halogens is 1. The summed E-state index contributed by atoms with van der Waals surface area (Å²) in [4.78, 5) is 2.35. The Morgan fingerprint density at radius 2 is 1.80 bits per heavy atom. The highest BCUT2D eigenvalue weighted by atomic mass is 35.5. The largest absolute Gasteiger partial charge is 0.395 e. The van der Waals surface area contributed by atoms with E-state index in [1.54, 1.807) is 0 Å². The van der Waals surface area contributed by atoms with Crippen LogP contribution in [0.25, 0.3) is 23.3 Å². The molecule has 1 saturated heterocycles. The summed E-state index contributed by atoms with van der Waals surface area (Å²) in [5.41, 5.74) is 7.15. The van der Waals surface area contributed by atoms with E-state index in [9.17, 15) is 5.11 Å². The summed E-state index contributed by atoms with van der Waals surface area (Å²) in [6.07, 6.45) is 6.47. The fourth-order valence-electron chi connectivity index (χ4n) is 4.29. The second-order valence-corrected chi connectivity index (χ2v) is 8.43. The number of hydrogen-bond donors (Lipinski definition) is 1. The molecule has 3 aromatic carbocycles. The van der Waals surface area contributed by atoms with Gasteiger partial charge in [0.2, 0.25) is 0 Å². The van der Waals surface area contributed by atoms with E-state index in [1.807, 2.05) is 6.07 Å². The topological polar surface area (TPSA) is 23.5 Å². The monoisotopic (exact) mass is 417 g/mol. The summed E-state index contributed by atoms with van der Waals surface area (Å²) in [7, 11) is 0. The van der Waals surface area contributed by atoms with Crippen molar-refractivity contribution in [2.45, 2.75) is 32.4 Å². The van der Waals surface area contributed by atoms with Gasteiger partial charge in [-0.3, -0.25) is 4.90 Å². The molecule has 1 atom stereocenters. The number of likely N-dealkylation sites (tertiary alicyclic amines) is 1. The lowest BCUT2D eigenvalue weighted by Crippen LogP contribution is -2.31. The lowest BCUT2D eigenvalue weighted by Gasteiger charge is -2.22. The van der Waals surface area contributed by atoms with E-state index in [4.69, 9.17) is 11.6 Å². The maximum absolute atomic E-state index is 9.53. The molecule has 0 radical (unpaired) electrons. The Morgan fingerprint density at radius 1 is 1.00 bits per heavy atom. The van der Waals surface area contributed by atoms with Gasteiger partial charge in [0.05, 0.1) is 6.61 Å². The molecular weight excluding hydrogens is 390 g/mol. The molecule has 0 bridgehead atoms. The first-order valence-electron chi connectivity index (χ1n) is 10.6. The van der Waals surface area contributed by atoms with E-state index in [2.05, 4.69) is 84.6 Å². The van der Waals surface area contributed by atoms with Crippen molar-refractivity contribution < 1.29 is 5.11 Å². The summed E-state index contributed by atoms with van der Waals surface area (Å²) in [6.45, 7) is 4.28. The van der Waals surface area contributed by atoms with Gasteiger partial charge in [-0.15, -0.1) is 0 Å². The number of hydrogen-bond acceptors (Lipinski definition) is 2. The van der Waals surface area contributed by atoms with Crippen LogP contribution in [0.2, 0.25) is 5.02 Å². The molecule has 4 rings (SSSR count). The summed E-state index contributed by atoms with van der Waals surface area (Å²) in [5.74, 6) is 0. The maximum Gasteiger partial charge on any atom is 0.0587 e. The van der Waals surface area contributed by atoms with Crippen LogP contribution in [0.4, 0.5) is 0 Å². The number of benzene rings is 3. The molecule has 1 N–H and O–H groups in total. The normalized spacial score (nSPS) is 17.1. The molecule has 0 amide bonds. The lowest BCUT2D eigenvalue weighted by atomic mass is 9.96. The van der Waals surface area contributed by atoms with Crippen LogP contribution in [0.3, 0.4) is 0 Å². The van der Waals surface area contributed by atoms with Crippen LogP contribution >= 0.6 is 11.6 Å². The van der Waals surface area contributed by atoms with Gasteiger partial charge in [-0.25, -0.2) is 0 Å². The molecule has 1 unspecified atom stereocenters. The van der Waals surface area contributed by atoms with Crippen molar-refractivity contribution in [1.29, 1.82) is 0 Å². The van der Waals surface area contributed by atoms with Gasteiger partial charge in [0.15, 0.2) is 0 Å². The van der Waals surface area contributed by atoms with E-state index in [-0.39, 0.29) is 12.6 Å². The van der Waals surface area contributed by atoms with Crippen LogP contribution in [-0.4, -0.2) is 29.2 Å². The Morgan fingerprint density at radius 3 is 2.57 bits per heavy atom. The molecule has 1 aliphatic rings. The smallest absolute Gasteiger partial charge is 0.0587 e. The molecular formula is C27H28ClNO. The highest BCUT2D eigenvalue weighted by Crippen LogP contribution is 2.28. The van der Waals surface area contributed by atoms with Gasteiger partial charge in [0.1, 0.15) is 0 Å². The zero-order chi connectivity index (χ0) is 20.9. The van der Waals surface area contributed by atoms with Crippen molar-refractivity contribution in [2.75, 3.05) is 13.2 Å². The quantitative estimate of drug-likeness (QED) is 0.466. The molecule has 30 heavy (non-hydrogen) atoms. The molecule has 1 heterocycles. The predicted molar refractivity (Wildman–Crippen MR) is 128 cm³/mol. The van der Waals surface area contributed by atoms with E-state index < -0.39 is 0 Å². The summed E-state index contributed by atoms with van der Waals surface area (Å²) in [6, 6.07) is 23.5. The molecule has 1 aliphatic heterocycles. The van der Waals surface area contributed by atoms with Crippen molar-refractivity contribution >= 4 is 23.8 Å². The van der Waals surface area contributed by atoms with E-state index in [0.29, 0.717) is 0 Å². The van der Waals surface area contributed by atoms with Gasteiger partial charge in [-0.1, -0.05) is 84.4 Å². The fraction of sp³-hybridized carbons (Fsp3) is 0.259. The zero-order valence-electron chi connectivity index (χ0n) is 17.4. The van der Waals surface area contributed by atoms with Crippen LogP contribution in [0, 0.1) is 6.92 Å². The molecule has 2 nitrogen and oxygen atoms in total. The SMILES string of the molecule is Cc1c(/C=C/c2ccc(CN3CCCC3CO)cc2Cl)cccc1-c1ccccc1. The van der Waals surface area contributed by atoms with Crippen molar-refractivity contribution in [3.8, 4) is 11.1 Å². The standard InChI is InChI=1S/C27H28ClNO/c1-20-22(9-5-11-26(20)23-7-3-2-4-8-23)14-15-24-13-12-21(17-27(24)28)18-29-16-6-10-25(29)19-30/h2-5,7-9,11-15,17,25,30H,6,10,16,18-19H2,1H3/b15-14+.